The van der Waals surface area contributed by atoms with E-state index in [1.54, 1.807) is 24.3 Å². The molecule has 0 aromatic heterocycles. The van der Waals surface area contributed by atoms with Gasteiger partial charge < -0.3 is 5.11 Å². The Bertz CT molecular complexity index is 582. The Morgan fingerprint density at radius 1 is 1.37 bits per heavy atom. The minimum atomic E-state index is -3.19. The number of carboxylic acids is 1. The third-order valence-corrected chi connectivity index (χ3v) is 5.27. The van der Waals surface area contributed by atoms with Crippen molar-refractivity contribution < 1.29 is 18.3 Å². The van der Waals surface area contributed by atoms with Crippen LogP contribution >= 0.6 is 0 Å². The molecule has 1 atom stereocenters. The number of carbonyl (C=O) groups is 1. The van der Waals surface area contributed by atoms with Crippen LogP contribution in [0.2, 0.25) is 0 Å². The SMILES string of the molecule is CC1CN(Cc2ccccc2CC(=O)O)S(=O)(=O)C1. The summed E-state index contributed by atoms with van der Waals surface area (Å²) in [7, 11) is -3.19. The van der Waals surface area contributed by atoms with Crippen LogP contribution in [0.15, 0.2) is 24.3 Å². The predicted octanol–water partition coefficient (Wildman–Crippen LogP) is 1.10. The van der Waals surface area contributed by atoms with E-state index in [-0.39, 0.29) is 24.6 Å². The van der Waals surface area contributed by atoms with Crippen molar-refractivity contribution in [2.24, 2.45) is 5.92 Å². The van der Waals surface area contributed by atoms with Crippen LogP contribution in [-0.2, 0) is 27.8 Å². The molecule has 0 radical (unpaired) electrons. The molecule has 104 valence electrons. The van der Waals surface area contributed by atoms with Gasteiger partial charge >= 0.3 is 5.97 Å². The Kier molecular flexibility index (Phi) is 3.91. The Morgan fingerprint density at radius 3 is 2.53 bits per heavy atom. The van der Waals surface area contributed by atoms with Crippen molar-refractivity contribution >= 4 is 16.0 Å². The molecule has 1 aromatic rings. The summed E-state index contributed by atoms with van der Waals surface area (Å²) >= 11 is 0. The quantitative estimate of drug-likeness (QED) is 0.897. The van der Waals surface area contributed by atoms with Gasteiger partial charge in [-0.15, -0.1) is 0 Å². The molecule has 2 rings (SSSR count). The molecule has 0 bridgehead atoms. The molecular formula is C13H17NO4S. The Morgan fingerprint density at radius 2 is 2.00 bits per heavy atom. The lowest BCUT2D eigenvalue weighted by molar-refractivity contribution is -0.136. The molecule has 1 N–H and O–H groups in total. The van der Waals surface area contributed by atoms with Crippen LogP contribution in [0.5, 0.6) is 0 Å². The molecular weight excluding hydrogens is 266 g/mol. The highest BCUT2D eigenvalue weighted by atomic mass is 32.2. The second kappa shape index (κ2) is 5.30. The zero-order valence-corrected chi connectivity index (χ0v) is 11.6. The van der Waals surface area contributed by atoms with Gasteiger partial charge in [0.2, 0.25) is 10.0 Å². The molecule has 1 unspecified atom stereocenters. The van der Waals surface area contributed by atoms with Crippen LogP contribution in [-0.4, -0.2) is 36.1 Å². The summed E-state index contributed by atoms with van der Waals surface area (Å²) in [4.78, 5) is 10.8. The van der Waals surface area contributed by atoms with Gasteiger partial charge in [-0.3, -0.25) is 4.79 Å². The first-order chi connectivity index (χ1) is 8.88. The molecule has 19 heavy (non-hydrogen) atoms. The number of carboxylic acid groups (broad SMARTS) is 1. The van der Waals surface area contributed by atoms with Gasteiger partial charge in [-0.05, 0) is 17.0 Å². The highest BCUT2D eigenvalue weighted by Crippen LogP contribution is 2.23. The first-order valence-electron chi connectivity index (χ1n) is 6.15. The van der Waals surface area contributed by atoms with Gasteiger partial charge in [0.25, 0.3) is 0 Å². The number of nitrogens with zero attached hydrogens (tertiary/aromatic N) is 1. The number of benzene rings is 1. The van der Waals surface area contributed by atoms with E-state index in [9.17, 15) is 13.2 Å². The van der Waals surface area contributed by atoms with Crippen LogP contribution in [0, 0.1) is 5.92 Å². The van der Waals surface area contributed by atoms with Crippen molar-refractivity contribution in [3.63, 3.8) is 0 Å². The van der Waals surface area contributed by atoms with Crippen molar-refractivity contribution in [1.29, 1.82) is 0 Å². The molecule has 5 nitrogen and oxygen atoms in total. The van der Waals surface area contributed by atoms with E-state index >= 15 is 0 Å². The summed E-state index contributed by atoms with van der Waals surface area (Å²) in [6, 6.07) is 7.09. The summed E-state index contributed by atoms with van der Waals surface area (Å²) in [6.45, 7) is 2.67. The first-order valence-corrected chi connectivity index (χ1v) is 7.76. The Balaban J connectivity index is 2.22. The van der Waals surface area contributed by atoms with Crippen LogP contribution in [0.4, 0.5) is 0 Å². The average molecular weight is 283 g/mol. The average Bonchev–Trinajstić information content (AvgIpc) is 2.54. The molecule has 6 heteroatoms. The van der Waals surface area contributed by atoms with Gasteiger partial charge in [-0.25, -0.2) is 8.42 Å². The molecule has 1 aliphatic heterocycles. The van der Waals surface area contributed by atoms with E-state index in [1.165, 1.54) is 4.31 Å². The van der Waals surface area contributed by atoms with Gasteiger partial charge in [0.15, 0.2) is 0 Å². The van der Waals surface area contributed by atoms with E-state index in [0.29, 0.717) is 12.1 Å². The molecule has 1 fully saturated rings. The van der Waals surface area contributed by atoms with Gasteiger partial charge in [0, 0.05) is 13.1 Å². The molecule has 1 heterocycles. The fraction of sp³-hybridized carbons (Fsp3) is 0.462. The first kappa shape index (κ1) is 14.0. The predicted molar refractivity (Wildman–Crippen MR) is 71.1 cm³/mol. The molecule has 1 aliphatic rings. The van der Waals surface area contributed by atoms with Gasteiger partial charge in [-0.2, -0.15) is 4.31 Å². The highest BCUT2D eigenvalue weighted by molar-refractivity contribution is 7.89. The van der Waals surface area contributed by atoms with E-state index in [1.807, 2.05) is 6.92 Å². The van der Waals surface area contributed by atoms with E-state index < -0.39 is 16.0 Å². The third kappa shape index (κ3) is 3.33. The van der Waals surface area contributed by atoms with Gasteiger partial charge in [-0.1, -0.05) is 31.2 Å². The van der Waals surface area contributed by atoms with Crippen LogP contribution < -0.4 is 0 Å². The number of aliphatic carboxylic acids is 1. The van der Waals surface area contributed by atoms with Gasteiger partial charge in [0.05, 0.1) is 12.2 Å². The van der Waals surface area contributed by atoms with Crippen molar-refractivity contribution in [2.45, 2.75) is 19.9 Å². The molecule has 0 amide bonds. The standard InChI is InChI=1S/C13H17NO4S/c1-10-7-14(19(17,18)9-10)8-12-5-3-2-4-11(12)6-13(15)16/h2-5,10H,6-9H2,1H3,(H,15,16). The maximum atomic E-state index is 11.9. The molecule has 1 aromatic carbocycles. The number of sulfonamides is 1. The molecule has 1 saturated heterocycles. The Hall–Kier alpha value is -1.40. The second-order valence-electron chi connectivity index (χ2n) is 5.02. The van der Waals surface area contributed by atoms with Crippen molar-refractivity contribution in [1.82, 2.24) is 4.31 Å². The molecule has 0 spiro atoms. The number of hydrogen-bond acceptors (Lipinski definition) is 3. The number of rotatable bonds is 4. The fourth-order valence-corrected chi connectivity index (χ4v) is 4.23. The van der Waals surface area contributed by atoms with E-state index in [4.69, 9.17) is 5.11 Å². The van der Waals surface area contributed by atoms with Crippen molar-refractivity contribution in [3.05, 3.63) is 35.4 Å². The monoisotopic (exact) mass is 283 g/mol. The topological polar surface area (TPSA) is 74.7 Å². The minimum absolute atomic E-state index is 0.0837. The second-order valence-corrected chi connectivity index (χ2v) is 7.03. The maximum Gasteiger partial charge on any atom is 0.307 e. The zero-order chi connectivity index (χ0) is 14.0. The third-order valence-electron chi connectivity index (χ3n) is 3.21. The summed E-state index contributed by atoms with van der Waals surface area (Å²) in [5.74, 6) is -0.615. The molecule has 0 saturated carbocycles. The number of hydrogen-bond donors (Lipinski definition) is 1. The summed E-state index contributed by atoms with van der Waals surface area (Å²) in [5, 5.41) is 8.87. The van der Waals surface area contributed by atoms with Crippen LogP contribution in [0.3, 0.4) is 0 Å². The van der Waals surface area contributed by atoms with Crippen LogP contribution in [0.25, 0.3) is 0 Å². The van der Waals surface area contributed by atoms with Crippen LogP contribution in [0.1, 0.15) is 18.1 Å². The lowest BCUT2D eigenvalue weighted by atomic mass is 10.0. The van der Waals surface area contributed by atoms with E-state index in [0.717, 1.165) is 5.56 Å². The normalized spacial score (nSPS) is 22.5. The largest absolute Gasteiger partial charge is 0.481 e. The maximum absolute atomic E-state index is 11.9. The lowest BCUT2D eigenvalue weighted by Crippen LogP contribution is -2.26. The van der Waals surface area contributed by atoms with Crippen molar-refractivity contribution in [3.8, 4) is 0 Å². The van der Waals surface area contributed by atoms with Crippen molar-refractivity contribution in [2.75, 3.05) is 12.3 Å². The minimum Gasteiger partial charge on any atom is -0.481 e. The summed E-state index contributed by atoms with van der Waals surface area (Å²) < 4.78 is 25.3. The van der Waals surface area contributed by atoms with Gasteiger partial charge in [0.1, 0.15) is 0 Å². The van der Waals surface area contributed by atoms with E-state index in [2.05, 4.69) is 0 Å². The Labute approximate surface area is 112 Å². The summed E-state index contributed by atoms with van der Waals surface area (Å²) in [5.41, 5.74) is 1.44. The zero-order valence-electron chi connectivity index (χ0n) is 10.7. The highest BCUT2D eigenvalue weighted by Gasteiger charge is 2.33. The lowest BCUT2D eigenvalue weighted by Gasteiger charge is -2.16. The summed E-state index contributed by atoms with van der Waals surface area (Å²) in [6.07, 6.45) is -0.0837. The molecule has 0 aliphatic carbocycles. The smallest absolute Gasteiger partial charge is 0.307 e. The fourth-order valence-electron chi connectivity index (χ4n) is 2.38.